The highest BCUT2D eigenvalue weighted by atomic mass is 127. The van der Waals surface area contributed by atoms with Crippen LogP contribution in [-0.2, 0) is 6.54 Å². The molecule has 0 fully saturated rings. The minimum absolute atomic E-state index is 0. The number of hydrogen-bond donors (Lipinski definition) is 2. The molecular weight excluding hydrogens is 455 g/mol. The Labute approximate surface area is 177 Å². The fraction of sp³-hybridized carbons (Fsp3) is 0.300. The van der Waals surface area contributed by atoms with E-state index in [9.17, 15) is 0 Å². The molecule has 0 aliphatic heterocycles. The van der Waals surface area contributed by atoms with E-state index in [0.717, 1.165) is 22.6 Å². The smallest absolute Gasteiger partial charge is 0.191 e. The third kappa shape index (κ3) is 6.32. The molecule has 0 bridgehead atoms. The van der Waals surface area contributed by atoms with Crippen molar-refractivity contribution in [3.63, 3.8) is 0 Å². The van der Waals surface area contributed by atoms with E-state index >= 15 is 0 Å². The lowest BCUT2D eigenvalue weighted by Crippen LogP contribution is -2.38. The number of nitriles is 1. The van der Waals surface area contributed by atoms with Crippen LogP contribution in [0.25, 0.3) is 0 Å². The van der Waals surface area contributed by atoms with Gasteiger partial charge in [0.15, 0.2) is 5.96 Å². The summed E-state index contributed by atoms with van der Waals surface area (Å²) in [5, 5.41) is 15.5. The molecule has 0 spiro atoms. The number of nitrogens with one attached hydrogen (secondary N) is 2. The Hall–Kier alpha value is -2.47. The molecule has 2 N–H and O–H groups in total. The molecule has 0 saturated heterocycles. The van der Waals surface area contributed by atoms with Crippen molar-refractivity contribution in [2.24, 2.45) is 4.99 Å². The minimum Gasteiger partial charge on any atom is -0.497 e. The molecule has 1 atom stereocenters. The first-order valence-electron chi connectivity index (χ1n) is 8.29. The zero-order valence-corrected chi connectivity index (χ0v) is 18.3. The second kappa shape index (κ2) is 11.3. The average molecular weight is 480 g/mol. The molecule has 0 amide bonds. The third-order valence-corrected chi connectivity index (χ3v) is 4.02. The number of halogens is 1. The second-order valence-corrected chi connectivity index (χ2v) is 5.71. The first kappa shape index (κ1) is 22.6. The SMILES string of the molecule is CN=C(NCc1ccc(C#N)cc1)NC(C)c1cc(OC)ccc1OC.I. The first-order valence-corrected chi connectivity index (χ1v) is 8.29. The Balaban J connectivity index is 0.00000364. The van der Waals surface area contributed by atoms with Crippen molar-refractivity contribution >= 4 is 29.9 Å². The Kier molecular flexibility index (Phi) is 9.44. The largest absolute Gasteiger partial charge is 0.497 e. The molecule has 0 aromatic heterocycles. The number of guanidine groups is 1. The summed E-state index contributed by atoms with van der Waals surface area (Å²) in [6.07, 6.45) is 0. The summed E-state index contributed by atoms with van der Waals surface area (Å²) in [4.78, 5) is 4.27. The predicted molar refractivity (Wildman–Crippen MR) is 118 cm³/mol. The molecule has 27 heavy (non-hydrogen) atoms. The highest BCUT2D eigenvalue weighted by molar-refractivity contribution is 14.0. The van der Waals surface area contributed by atoms with Gasteiger partial charge in [-0.2, -0.15) is 5.26 Å². The third-order valence-electron chi connectivity index (χ3n) is 4.02. The first-order chi connectivity index (χ1) is 12.6. The van der Waals surface area contributed by atoms with Gasteiger partial charge in [0.2, 0.25) is 0 Å². The van der Waals surface area contributed by atoms with Crippen molar-refractivity contribution in [1.82, 2.24) is 10.6 Å². The summed E-state index contributed by atoms with van der Waals surface area (Å²) in [7, 11) is 5.02. The van der Waals surface area contributed by atoms with Gasteiger partial charge in [-0.1, -0.05) is 12.1 Å². The molecular formula is C20H25IN4O2. The molecule has 1 unspecified atom stereocenters. The summed E-state index contributed by atoms with van der Waals surface area (Å²) >= 11 is 0. The van der Waals surface area contributed by atoms with E-state index in [1.54, 1.807) is 33.4 Å². The lowest BCUT2D eigenvalue weighted by molar-refractivity contribution is 0.394. The van der Waals surface area contributed by atoms with Crippen molar-refractivity contribution in [3.8, 4) is 17.6 Å². The van der Waals surface area contributed by atoms with Crippen LogP contribution in [0.4, 0.5) is 0 Å². The number of ether oxygens (including phenoxy) is 2. The van der Waals surface area contributed by atoms with E-state index in [2.05, 4.69) is 21.7 Å². The predicted octanol–water partition coefficient (Wildman–Crippen LogP) is 3.62. The van der Waals surface area contributed by atoms with Crippen LogP contribution < -0.4 is 20.1 Å². The van der Waals surface area contributed by atoms with Gasteiger partial charge >= 0.3 is 0 Å². The minimum atomic E-state index is -0.0350. The number of rotatable bonds is 6. The van der Waals surface area contributed by atoms with Crippen LogP contribution in [0.5, 0.6) is 11.5 Å². The van der Waals surface area contributed by atoms with E-state index in [0.29, 0.717) is 18.1 Å². The van der Waals surface area contributed by atoms with Crippen molar-refractivity contribution in [2.75, 3.05) is 21.3 Å². The molecule has 2 rings (SSSR count). The van der Waals surface area contributed by atoms with E-state index in [4.69, 9.17) is 14.7 Å². The normalized spacial score (nSPS) is 11.6. The van der Waals surface area contributed by atoms with Crippen LogP contribution in [0.3, 0.4) is 0 Å². The second-order valence-electron chi connectivity index (χ2n) is 5.71. The average Bonchev–Trinajstić information content (AvgIpc) is 2.70. The van der Waals surface area contributed by atoms with Crippen LogP contribution in [0.15, 0.2) is 47.5 Å². The molecule has 7 heteroatoms. The van der Waals surface area contributed by atoms with Gasteiger partial charge in [0.25, 0.3) is 0 Å². The van der Waals surface area contributed by atoms with Crippen LogP contribution in [0.2, 0.25) is 0 Å². The topological polar surface area (TPSA) is 78.7 Å². The highest BCUT2D eigenvalue weighted by Gasteiger charge is 2.14. The quantitative estimate of drug-likeness (QED) is 0.375. The zero-order chi connectivity index (χ0) is 18.9. The molecule has 0 saturated carbocycles. The number of hydrogen-bond acceptors (Lipinski definition) is 4. The summed E-state index contributed by atoms with van der Waals surface area (Å²) in [6, 6.07) is 15.2. The maximum absolute atomic E-state index is 8.86. The van der Waals surface area contributed by atoms with Gasteiger partial charge in [0.05, 0.1) is 31.9 Å². The van der Waals surface area contributed by atoms with Crippen molar-refractivity contribution < 1.29 is 9.47 Å². The van der Waals surface area contributed by atoms with E-state index < -0.39 is 0 Å². The summed E-state index contributed by atoms with van der Waals surface area (Å²) < 4.78 is 10.8. The highest BCUT2D eigenvalue weighted by Crippen LogP contribution is 2.29. The standard InChI is InChI=1S/C20H24N4O2.HI/c1-14(18-11-17(25-3)9-10-19(18)26-4)24-20(22-2)23-13-16-7-5-15(12-21)6-8-16;/h5-11,14H,13H2,1-4H3,(H2,22,23,24);1H. The fourth-order valence-electron chi connectivity index (χ4n) is 2.54. The van der Waals surface area contributed by atoms with E-state index in [1.807, 2.05) is 37.3 Å². The molecule has 0 aliphatic carbocycles. The Morgan fingerprint density at radius 3 is 2.41 bits per heavy atom. The van der Waals surface area contributed by atoms with Crippen LogP contribution >= 0.6 is 24.0 Å². The molecule has 0 radical (unpaired) electrons. The van der Waals surface area contributed by atoms with Crippen LogP contribution in [0.1, 0.15) is 29.7 Å². The number of aliphatic imine (C=N–C) groups is 1. The van der Waals surface area contributed by atoms with Crippen molar-refractivity contribution in [2.45, 2.75) is 19.5 Å². The van der Waals surface area contributed by atoms with Gasteiger partial charge in [-0.05, 0) is 42.8 Å². The van der Waals surface area contributed by atoms with Crippen LogP contribution in [-0.4, -0.2) is 27.2 Å². The monoisotopic (exact) mass is 480 g/mol. The summed E-state index contributed by atoms with van der Waals surface area (Å²) in [5.74, 6) is 2.23. The van der Waals surface area contributed by atoms with Gasteiger partial charge in [-0.25, -0.2) is 0 Å². The zero-order valence-electron chi connectivity index (χ0n) is 15.9. The molecule has 144 valence electrons. The summed E-state index contributed by atoms with van der Waals surface area (Å²) in [6.45, 7) is 2.64. The number of nitrogens with zero attached hydrogens (tertiary/aromatic N) is 2. The molecule has 2 aromatic rings. The Bertz CT molecular complexity index is 801. The molecule has 2 aromatic carbocycles. The Morgan fingerprint density at radius 2 is 1.85 bits per heavy atom. The Morgan fingerprint density at radius 1 is 1.15 bits per heavy atom. The maximum Gasteiger partial charge on any atom is 0.191 e. The van der Waals surface area contributed by atoms with Gasteiger partial charge in [0, 0.05) is 19.2 Å². The lowest BCUT2D eigenvalue weighted by Gasteiger charge is -2.21. The van der Waals surface area contributed by atoms with E-state index in [-0.39, 0.29) is 30.0 Å². The maximum atomic E-state index is 8.86. The van der Waals surface area contributed by atoms with Gasteiger partial charge in [0.1, 0.15) is 11.5 Å². The molecule has 0 heterocycles. The van der Waals surface area contributed by atoms with Gasteiger partial charge in [-0.3, -0.25) is 4.99 Å². The summed E-state index contributed by atoms with van der Waals surface area (Å²) in [5.41, 5.74) is 2.70. The van der Waals surface area contributed by atoms with Crippen LogP contribution in [0, 0.1) is 11.3 Å². The molecule has 0 aliphatic rings. The van der Waals surface area contributed by atoms with Gasteiger partial charge in [-0.15, -0.1) is 24.0 Å². The number of benzene rings is 2. The fourth-order valence-corrected chi connectivity index (χ4v) is 2.54. The molecule has 6 nitrogen and oxygen atoms in total. The lowest BCUT2D eigenvalue weighted by atomic mass is 10.1. The van der Waals surface area contributed by atoms with Crippen molar-refractivity contribution in [1.29, 1.82) is 5.26 Å². The van der Waals surface area contributed by atoms with Crippen molar-refractivity contribution in [3.05, 3.63) is 59.2 Å². The van der Waals surface area contributed by atoms with Gasteiger partial charge < -0.3 is 20.1 Å². The van der Waals surface area contributed by atoms with E-state index in [1.165, 1.54) is 0 Å². The number of methoxy groups -OCH3 is 2.